The van der Waals surface area contributed by atoms with E-state index in [1.54, 1.807) is 0 Å². The molecule has 0 aliphatic heterocycles. The van der Waals surface area contributed by atoms with Crippen molar-refractivity contribution in [2.24, 2.45) is 0 Å². The van der Waals surface area contributed by atoms with Crippen LogP contribution in [0.4, 0.5) is 0 Å². The Bertz CT molecular complexity index is 696. The lowest BCUT2D eigenvalue weighted by atomic mass is 10.0. The van der Waals surface area contributed by atoms with Crippen LogP contribution >= 0.6 is 0 Å². The van der Waals surface area contributed by atoms with Crippen LogP contribution in [-0.4, -0.2) is 23.4 Å². The van der Waals surface area contributed by atoms with Gasteiger partial charge in [0.15, 0.2) is 0 Å². The first-order valence-corrected chi connectivity index (χ1v) is 9.23. The third kappa shape index (κ3) is 7.16. The van der Waals surface area contributed by atoms with Crippen molar-refractivity contribution in [3.63, 3.8) is 0 Å². The molecule has 2 nitrogen and oxygen atoms in total. The Morgan fingerprint density at radius 3 is 1.27 bits per heavy atom. The number of unbranched alkanes of at least 4 members (excludes halogenated alkanes) is 4. The molecule has 2 aromatic carbocycles. The highest BCUT2D eigenvalue weighted by Gasteiger charge is 1.97. The molecule has 0 radical (unpaired) electrons. The van der Waals surface area contributed by atoms with Gasteiger partial charge in [-0.3, -0.25) is 0 Å². The summed E-state index contributed by atoms with van der Waals surface area (Å²) in [5.41, 5.74) is 4.36. The van der Waals surface area contributed by atoms with Crippen molar-refractivity contribution in [1.29, 1.82) is 0 Å². The van der Waals surface area contributed by atoms with Crippen molar-refractivity contribution >= 4 is 0 Å². The molecule has 2 aromatic rings. The number of benzene rings is 2. The van der Waals surface area contributed by atoms with Crippen LogP contribution in [0.3, 0.4) is 0 Å². The number of rotatable bonds is 7. The molecule has 2 rings (SSSR count). The van der Waals surface area contributed by atoms with E-state index in [9.17, 15) is 0 Å². The van der Waals surface area contributed by atoms with Gasteiger partial charge in [-0.1, -0.05) is 47.9 Å². The zero-order valence-electron chi connectivity index (χ0n) is 15.2. The van der Waals surface area contributed by atoms with Gasteiger partial charge < -0.3 is 10.2 Å². The van der Waals surface area contributed by atoms with Crippen LogP contribution < -0.4 is 0 Å². The van der Waals surface area contributed by atoms with E-state index >= 15 is 0 Å². The molecule has 0 aromatic heterocycles. The highest BCUT2D eigenvalue weighted by Crippen LogP contribution is 2.20. The molecule has 134 valence electrons. The van der Waals surface area contributed by atoms with Gasteiger partial charge in [-0.25, -0.2) is 0 Å². The van der Waals surface area contributed by atoms with Gasteiger partial charge in [-0.05, 0) is 61.1 Å². The fourth-order valence-corrected chi connectivity index (χ4v) is 2.47. The summed E-state index contributed by atoms with van der Waals surface area (Å²) in [7, 11) is 0. The van der Waals surface area contributed by atoms with Crippen LogP contribution in [-0.2, 0) is 0 Å². The van der Waals surface area contributed by atoms with Crippen molar-refractivity contribution in [3.8, 4) is 34.8 Å². The van der Waals surface area contributed by atoms with Gasteiger partial charge in [0.1, 0.15) is 0 Å². The summed E-state index contributed by atoms with van der Waals surface area (Å²) in [5.74, 6) is 12.6. The third-order valence-electron chi connectivity index (χ3n) is 3.99. The molecule has 0 atom stereocenters. The van der Waals surface area contributed by atoms with E-state index in [0.29, 0.717) is 0 Å². The molecule has 0 saturated heterocycles. The fourth-order valence-electron chi connectivity index (χ4n) is 2.47. The van der Waals surface area contributed by atoms with Gasteiger partial charge in [0.05, 0.1) is 0 Å². The van der Waals surface area contributed by atoms with Crippen LogP contribution in [0.1, 0.15) is 49.7 Å². The number of hydrogen-bond acceptors (Lipinski definition) is 2. The summed E-state index contributed by atoms with van der Waals surface area (Å²) in [6.07, 6.45) is 5.17. The van der Waals surface area contributed by atoms with Crippen LogP contribution in [0, 0.1) is 23.7 Å². The molecule has 2 heteroatoms. The van der Waals surface area contributed by atoms with Crippen molar-refractivity contribution < 1.29 is 10.2 Å². The SMILES string of the molecule is OCCCCC#Cc1ccc(-c2ccc(C#CCCCCO)cc2)cc1. The van der Waals surface area contributed by atoms with E-state index in [4.69, 9.17) is 10.2 Å². The molecule has 2 N–H and O–H groups in total. The van der Waals surface area contributed by atoms with Crippen LogP contribution in [0.25, 0.3) is 11.1 Å². The fraction of sp³-hybridized carbons (Fsp3) is 0.333. The lowest BCUT2D eigenvalue weighted by Crippen LogP contribution is -1.82. The van der Waals surface area contributed by atoms with Gasteiger partial charge in [-0.15, -0.1) is 0 Å². The van der Waals surface area contributed by atoms with Gasteiger partial charge in [-0.2, -0.15) is 0 Å². The van der Waals surface area contributed by atoms with Crippen LogP contribution in [0.15, 0.2) is 48.5 Å². The summed E-state index contributed by atoms with van der Waals surface area (Å²) in [6, 6.07) is 16.5. The molecule has 0 bridgehead atoms. The highest BCUT2D eigenvalue weighted by atomic mass is 16.3. The van der Waals surface area contributed by atoms with Crippen LogP contribution in [0.2, 0.25) is 0 Å². The maximum atomic E-state index is 8.75. The zero-order chi connectivity index (χ0) is 18.5. The lowest BCUT2D eigenvalue weighted by molar-refractivity contribution is 0.285. The minimum Gasteiger partial charge on any atom is -0.396 e. The Hall–Kier alpha value is -2.52. The third-order valence-corrected chi connectivity index (χ3v) is 3.99. The molecule has 0 heterocycles. The minimum absolute atomic E-state index is 0.241. The molecule has 0 unspecified atom stereocenters. The average molecular weight is 346 g/mol. The van der Waals surface area contributed by atoms with Crippen molar-refractivity contribution in [2.75, 3.05) is 13.2 Å². The summed E-state index contributed by atoms with van der Waals surface area (Å²) in [4.78, 5) is 0. The molecule has 26 heavy (non-hydrogen) atoms. The average Bonchev–Trinajstić information content (AvgIpc) is 2.69. The van der Waals surface area contributed by atoms with E-state index in [-0.39, 0.29) is 13.2 Å². The molecular weight excluding hydrogens is 320 g/mol. The van der Waals surface area contributed by atoms with E-state index in [1.165, 1.54) is 11.1 Å². The first-order chi connectivity index (χ1) is 12.8. The standard InChI is InChI=1S/C24H26O2/c25-19-7-3-1-5-9-21-11-15-23(16-12-21)24-17-13-22(14-18-24)10-6-2-4-8-20-26/h11-18,25-26H,1-4,7-8,19-20H2. The van der Waals surface area contributed by atoms with Gasteiger partial charge in [0.25, 0.3) is 0 Å². The van der Waals surface area contributed by atoms with Crippen LogP contribution in [0.5, 0.6) is 0 Å². The van der Waals surface area contributed by atoms with E-state index in [2.05, 4.69) is 47.9 Å². The molecule has 0 aliphatic carbocycles. The Labute approximate surface area is 156 Å². The topological polar surface area (TPSA) is 40.5 Å². The summed E-state index contributed by atoms with van der Waals surface area (Å²) >= 11 is 0. The molecule has 0 spiro atoms. The van der Waals surface area contributed by atoms with E-state index in [1.807, 2.05) is 24.3 Å². The first kappa shape index (κ1) is 19.8. The quantitative estimate of drug-likeness (QED) is 0.577. The van der Waals surface area contributed by atoms with E-state index in [0.717, 1.165) is 49.7 Å². The highest BCUT2D eigenvalue weighted by molar-refractivity contribution is 5.65. The largest absolute Gasteiger partial charge is 0.396 e. The first-order valence-electron chi connectivity index (χ1n) is 9.23. The number of hydrogen-bond donors (Lipinski definition) is 2. The van der Waals surface area contributed by atoms with Gasteiger partial charge in [0, 0.05) is 37.2 Å². The normalized spacial score (nSPS) is 9.77. The molecule has 0 aliphatic rings. The predicted molar refractivity (Wildman–Crippen MR) is 108 cm³/mol. The lowest BCUT2D eigenvalue weighted by Gasteiger charge is -2.02. The Morgan fingerprint density at radius 1 is 0.538 bits per heavy atom. The van der Waals surface area contributed by atoms with Gasteiger partial charge in [0.2, 0.25) is 0 Å². The Morgan fingerprint density at radius 2 is 0.923 bits per heavy atom. The number of aliphatic hydroxyl groups excluding tert-OH is 2. The summed E-state index contributed by atoms with van der Waals surface area (Å²) in [6.45, 7) is 0.481. The molecule has 0 amide bonds. The smallest absolute Gasteiger partial charge is 0.0431 e. The monoisotopic (exact) mass is 346 g/mol. The summed E-state index contributed by atoms with van der Waals surface area (Å²) in [5, 5.41) is 17.5. The van der Waals surface area contributed by atoms with Crippen molar-refractivity contribution in [1.82, 2.24) is 0 Å². The van der Waals surface area contributed by atoms with E-state index < -0.39 is 0 Å². The second-order valence-electron chi connectivity index (χ2n) is 6.12. The maximum absolute atomic E-state index is 8.75. The van der Waals surface area contributed by atoms with Crippen molar-refractivity contribution in [3.05, 3.63) is 59.7 Å². The Balaban J connectivity index is 1.92. The predicted octanol–water partition coefficient (Wildman–Crippen LogP) is 4.38. The molecular formula is C24H26O2. The minimum atomic E-state index is 0.241. The molecule has 0 fully saturated rings. The maximum Gasteiger partial charge on any atom is 0.0431 e. The summed E-state index contributed by atoms with van der Waals surface area (Å²) < 4.78 is 0. The zero-order valence-corrected chi connectivity index (χ0v) is 15.2. The van der Waals surface area contributed by atoms with Crippen molar-refractivity contribution in [2.45, 2.75) is 38.5 Å². The van der Waals surface area contributed by atoms with Gasteiger partial charge >= 0.3 is 0 Å². The second kappa shape index (κ2) is 11.9. The Kier molecular flexibility index (Phi) is 9.09. The molecule has 0 saturated carbocycles. The second-order valence-corrected chi connectivity index (χ2v) is 6.12. The number of aliphatic hydroxyl groups is 2.